The second-order valence-corrected chi connectivity index (χ2v) is 24.6. The van der Waals surface area contributed by atoms with E-state index in [1.165, 1.54) is 212 Å². The van der Waals surface area contributed by atoms with Gasteiger partial charge in [-0.3, -0.25) is 9.59 Å². The lowest BCUT2D eigenvalue weighted by Crippen LogP contribution is -2.61. The van der Waals surface area contributed by atoms with Gasteiger partial charge in [0, 0.05) is 6.42 Å². The molecule has 8 unspecified atom stereocenters. The quantitative estimate of drug-likeness (QED) is 0.0195. The van der Waals surface area contributed by atoms with E-state index in [1.54, 1.807) is 6.08 Å². The summed E-state index contributed by atoms with van der Waals surface area (Å²) in [7, 11) is 0. The molecule has 1 aliphatic rings. The van der Waals surface area contributed by atoms with Crippen LogP contribution >= 0.6 is 0 Å². The molecular weight excluding hydrogens is 1040 g/mol. The second kappa shape index (κ2) is 59.9. The van der Waals surface area contributed by atoms with E-state index in [9.17, 15) is 35.1 Å². The number of unbranched alkanes of at least 4 members (excludes halogenated alkanes) is 41. The monoisotopic (exact) mass is 1170 g/mol. The minimum Gasteiger partial charge on any atom is -0.454 e. The van der Waals surface area contributed by atoms with Gasteiger partial charge >= 0.3 is 5.97 Å². The number of hydrogen-bond donors (Lipinski definition) is 6. The van der Waals surface area contributed by atoms with Crippen molar-refractivity contribution in [2.75, 3.05) is 13.2 Å². The molecule has 11 heteroatoms. The lowest BCUT2D eigenvalue weighted by molar-refractivity contribution is -0.305. The zero-order valence-corrected chi connectivity index (χ0v) is 54.1. The van der Waals surface area contributed by atoms with Crippen LogP contribution in [-0.2, 0) is 23.8 Å². The van der Waals surface area contributed by atoms with Crippen molar-refractivity contribution in [2.24, 2.45) is 0 Å². The Balaban J connectivity index is 2.53. The summed E-state index contributed by atoms with van der Waals surface area (Å²) in [5.74, 6) is -1.19. The topological polar surface area (TPSA) is 175 Å². The van der Waals surface area contributed by atoms with Crippen LogP contribution in [0.4, 0.5) is 0 Å². The first-order chi connectivity index (χ1) is 40.7. The molecular formula is C72H133NO10. The number of allylic oxidation sites excluding steroid dienone is 7. The number of carbonyl (C=O) groups excluding carboxylic acids is 2. The van der Waals surface area contributed by atoms with Crippen LogP contribution in [0.3, 0.4) is 0 Å². The highest BCUT2D eigenvalue weighted by Crippen LogP contribution is 2.26. The molecule has 0 aromatic rings. The Morgan fingerprint density at radius 2 is 0.831 bits per heavy atom. The van der Waals surface area contributed by atoms with Gasteiger partial charge in [-0.1, -0.05) is 294 Å². The summed E-state index contributed by atoms with van der Waals surface area (Å²) < 4.78 is 17.7. The Labute approximate surface area is 510 Å². The molecule has 8 atom stereocenters. The molecule has 83 heavy (non-hydrogen) atoms. The lowest BCUT2D eigenvalue weighted by Gasteiger charge is -2.41. The van der Waals surface area contributed by atoms with Gasteiger partial charge in [-0.2, -0.15) is 0 Å². The Hall–Kier alpha value is -2.38. The average molecular weight is 1170 g/mol. The molecule has 1 amide bonds. The maximum atomic E-state index is 13.4. The molecule has 1 heterocycles. The number of aliphatic hydroxyl groups is 5. The molecule has 6 N–H and O–H groups in total. The van der Waals surface area contributed by atoms with E-state index in [2.05, 4.69) is 62.5 Å². The minimum absolute atomic E-state index is 0.126. The molecule has 1 fully saturated rings. The maximum Gasteiger partial charge on any atom is 0.306 e. The smallest absolute Gasteiger partial charge is 0.306 e. The summed E-state index contributed by atoms with van der Waals surface area (Å²) >= 11 is 0. The molecule has 0 radical (unpaired) electrons. The summed E-state index contributed by atoms with van der Waals surface area (Å²) in [6.45, 7) is 5.79. The van der Waals surface area contributed by atoms with Crippen LogP contribution in [0.5, 0.6) is 0 Å². The Morgan fingerprint density at radius 3 is 1.28 bits per heavy atom. The largest absolute Gasteiger partial charge is 0.454 e. The SMILES string of the molecule is CCCCC/C=C\C/C=C\CCCCCCCCCCCCCCCCCCCC(=O)OC1C(OCC(NC(=O)C(O)CCCCCCCC/C=C\CCCCCC)C(O)/C=C/CCCCCCCCCCCCC)OC(CO)C(O)C1O. The van der Waals surface area contributed by atoms with Crippen molar-refractivity contribution in [2.45, 2.75) is 384 Å². The molecule has 0 aliphatic carbocycles. The van der Waals surface area contributed by atoms with Gasteiger partial charge in [0.1, 0.15) is 24.4 Å². The van der Waals surface area contributed by atoms with Crippen molar-refractivity contribution in [3.63, 3.8) is 0 Å². The predicted molar refractivity (Wildman–Crippen MR) is 347 cm³/mol. The van der Waals surface area contributed by atoms with Crippen LogP contribution in [0.25, 0.3) is 0 Å². The first kappa shape index (κ1) is 78.6. The highest BCUT2D eigenvalue weighted by molar-refractivity contribution is 5.80. The van der Waals surface area contributed by atoms with Gasteiger partial charge in [-0.25, -0.2) is 0 Å². The van der Waals surface area contributed by atoms with Gasteiger partial charge in [-0.15, -0.1) is 0 Å². The molecule has 0 aromatic carbocycles. The highest BCUT2D eigenvalue weighted by atomic mass is 16.7. The van der Waals surface area contributed by atoms with Gasteiger partial charge in [0.2, 0.25) is 5.91 Å². The Bertz CT molecular complexity index is 1540. The lowest BCUT2D eigenvalue weighted by atomic mass is 9.99. The predicted octanol–water partition coefficient (Wildman–Crippen LogP) is 18.0. The highest BCUT2D eigenvalue weighted by Gasteiger charge is 2.47. The summed E-state index contributed by atoms with van der Waals surface area (Å²) in [5.41, 5.74) is 0. The van der Waals surface area contributed by atoms with Crippen molar-refractivity contribution in [3.05, 3.63) is 48.6 Å². The first-order valence-electron chi connectivity index (χ1n) is 35.4. The number of ether oxygens (including phenoxy) is 3. The number of carbonyl (C=O) groups is 2. The van der Waals surface area contributed by atoms with Gasteiger partial charge in [0.15, 0.2) is 12.4 Å². The van der Waals surface area contributed by atoms with Crippen molar-refractivity contribution in [1.29, 1.82) is 0 Å². The van der Waals surface area contributed by atoms with E-state index in [0.717, 1.165) is 77.0 Å². The average Bonchev–Trinajstić information content (AvgIpc) is 3.61. The Morgan fingerprint density at radius 1 is 0.470 bits per heavy atom. The number of rotatable bonds is 61. The van der Waals surface area contributed by atoms with E-state index in [4.69, 9.17) is 14.2 Å². The van der Waals surface area contributed by atoms with Crippen LogP contribution in [0.15, 0.2) is 48.6 Å². The number of esters is 1. The molecule has 0 saturated carbocycles. The third-order valence-corrected chi connectivity index (χ3v) is 16.7. The normalized spacial score (nSPS) is 18.8. The van der Waals surface area contributed by atoms with Crippen molar-refractivity contribution < 1.29 is 49.3 Å². The summed E-state index contributed by atoms with van der Waals surface area (Å²) in [6, 6.07) is -1.02. The molecule has 1 rings (SSSR count). The van der Waals surface area contributed by atoms with E-state index in [1.807, 2.05) is 6.08 Å². The first-order valence-corrected chi connectivity index (χ1v) is 35.4. The summed E-state index contributed by atoms with van der Waals surface area (Å²) in [6.07, 6.45) is 64.4. The summed E-state index contributed by atoms with van der Waals surface area (Å²) in [5, 5.41) is 57.2. The van der Waals surface area contributed by atoms with Crippen LogP contribution in [0.1, 0.15) is 335 Å². The van der Waals surface area contributed by atoms with E-state index in [-0.39, 0.29) is 19.4 Å². The molecule has 0 bridgehead atoms. The minimum atomic E-state index is -1.61. The zero-order chi connectivity index (χ0) is 60.3. The fourth-order valence-electron chi connectivity index (χ4n) is 11.1. The van der Waals surface area contributed by atoms with Crippen molar-refractivity contribution in [1.82, 2.24) is 5.32 Å². The van der Waals surface area contributed by atoms with E-state index < -0.39 is 67.4 Å². The number of aliphatic hydroxyl groups excluding tert-OH is 5. The van der Waals surface area contributed by atoms with Gasteiger partial charge < -0.3 is 45.1 Å². The van der Waals surface area contributed by atoms with Gasteiger partial charge in [0.25, 0.3) is 0 Å². The number of hydrogen-bond acceptors (Lipinski definition) is 10. The molecule has 1 aliphatic heterocycles. The Kier molecular flexibility index (Phi) is 56.8. The maximum absolute atomic E-state index is 13.4. The fourth-order valence-corrected chi connectivity index (χ4v) is 11.1. The molecule has 11 nitrogen and oxygen atoms in total. The van der Waals surface area contributed by atoms with E-state index in [0.29, 0.717) is 12.8 Å². The molecule has 1 saturated heterocycles. The fraction of sp³-hybridized carbons (Fsp3) is 0.861. The molecule has 0 aromatic heterocycles. The van der Waals surface area contributed by atoms with Gasteiger partial charge in [0.05, 0.1) is 25.4 Å². The van der Waals surface area contributed by atoms with Crippen molar-refractivity contribution >= 4 is 11.9 Å². The standard InChI is InChI=1S/C72H133NO10/c1-4-7-10-13-16-19-22-25-27-28-29-30-31-32-33-34-35-36-37-38-39-42-45-48-51-54-57-60-67(77)83-70-69(79)68(78)66(61-74)82-72(70)81-62-63(64(75)58-55-52-49-46-43-40-24-21-18-15-12-9-6-3)73-71(80)65(76)59-56-53-50-47-44-41-26-23-20-17-14-11-8-5-2/h16,19-20,23,25,27,55,58,63-66,68-70,72,74-76,78-79H,4-15,17-18,21-22,24,26,28-54,56-57,59-62H2,1-3H3,(H,73,80)/b19-16-,23-20-,27-25-,58-55+. The zero-order valence-electron chi connectivity index (χ0n) is 54.1. The number of amides is 1. The van der Waals surface area contributed by atoms with E-state index >= 15 is 0 Å². The van der Waals surface area contributed by atoms with Crippen LogP contribution in [0, 0.1) is 0 Å². The third-order valence-electron chi connectivity index (χ3n) is 16.7. The van der Waals surface area contributed by atoms with Crippen LogP contribution < -0.4 is 5.32 Å². The van der Waals surface area contributed by atoms with Crippen LogP contribution in [-0.4, -0.2) is 99.6 Å². The molecule has 486 valence electrons. The van der Waals surface area contributed by atoms with Crippen molar-refractivity contribution in [3.8, 4) is 0 Å². The third kappa shape index (κ3) is 47.4. The second-order valence-electron chi connectivity index (χ2n) is 24.6. The summed E-state index contributed by atoms with van der Waals surface area (Å²) in [4.78, 5) is 26.6. The van der Waals surface area contributed by atoms with Gasteiger partial charge in [-0.05, 0) is 83.5 Å². The molecule has 0 spiro atoms. The number of nitrogens with one attached hydrogen (secondary N) is 1. The van der Waals surface area contributed by atoms with Crippen LogP contribution in [0.2, 0.25) is 0 Å².